The molecule has 0 radical (unpaired) electrons. The van der Waals surface area contributed by atoms with Gasteiger partial charge in [-0.15, -0.1) is 0 Å². The van der Waals surface area contributed by atoms with Crippen LogP contribution in [-0.4, -0.2) is 41.0 Å². The van der Waals surface area contributed by atoms with Gasteiger partial charge in [-0.1, -0.05) is 42.5 Å². The maximum atomic E-state index is 15.0. The molecule has 1 aromatic heterocycles. The molecular formula is C30H35FN4O3S. The largest absolute Gasteiger partial charge is 0.392 e. The maximum Gasteiger partial charge on any atom is 0.224 e. The second-order valence-electron chi connectivity index (χ2n) is 12.3. The summed E-state index contributed by atoms with van der Waals surface area (Å²) in [6.45, 7) is 0. The number of nitrogens with zero attached hydrogens (tertiary/aromatic N) is 2. The molecule has 2 heterocycles. The van der Waals surface area contributed by atoms with Crippen molar-refractivity contribution < 1.29 is 17.9 Å². The van der Waals surface area contributed by atoms with Crippen LogP contribution in [-0.2, 0) is 16.4 Å². The fourth-order valence-corrected chi connectivity index (χ4v) is 9.45. The zero-order valence-corrected chi connectivity index (χ0v) is 22.7. The van der Waals surface area contributed by atoms with Gasteiger partial charge in [-0.3, -0.25) is 0 Å². The summed E-state index contributed by atoms with van der Waals surface area (Å²) in [5.41, 5.74) is 6.42. The lowest BCUT2D eigenvalue weighted by atomic mass is 9.46. The number of hydrogen-bond acceptors (Lipinski definition) is 5. The van der Waals surface area contributed by atoms with Crippen molar-refractivity contribution in [2.75, 3.05) is 5.75 Å². The minimum Gasteiger partial charge on any atom is -0.392 e. The number of benzene rings is 2. The van der Waals surface area contributed by atoms with E-state index in [1.807, 2.05) is 41.0 Å². The van der Waals surface area contributed by atoms with Crippen LogP contribution in [0.25, 0.3) is 11.3 Å². The topological polar surface area (TPSA) is 96.2 Å². The molecule has 206 valence electrons. The van der Waals surface area contributed by atoms with Gasteiger partial charge in [0.05, 0.1) is 36.1 Å². The van der Waals surface area contributed by atoms with Crippen molar-refractivity contribution in [2.24, 2.45) is 23.2 Å². The zero-order valence-electron chi connectivity index (χ0n) is 21.8. The first-order valence-electron chi connectivity index (χ1n) is 14.1. The number of fused-ring (bicyclic) bond motifs is 3. The van der Waals surface area contributed by atoms with Gasteiger partial charge in [-0.2, -0.15) is 4.83 Å². The van der Waals surface area contributed by atoms with Gasteiger partial charge in [0.2, 0.25) is 10.0 Å². The van der Waals surface area contributed by atoms with Crippen LogP contribution >= 0.6 is 0 Å². The second-order valence-corrected chi connectivity index (χ2v) is 14.2. The molecule has 4 saturated carbocycles. The lowest BCUT2D eigenvalue weighted by Gasteiger charge is -2.61. The molecule has 5 aliphatic rings. The highest BCUT2D eigenvalue weighted by Crippen LogP contribution is 2.62. The fraction of sp³-hybridized carbons (Fsp3) is 0.500. The highest BCUT2D eigenvalue weighted by atomic mass is 32.2. The SMILES string of the molecule is O=S(=O)(CCc1ccccc1)NNC1C2CC3CC1CC(C(O)CC1c4c(F)cccc4-c4cncn41)(C3)C2. The van der Waals surface area contributed by atoms with Crippen LogP contribution in [0.2, 0.25) is 0 Å². The van der Waals surface area contributed by atoms with Crippen molar-refractivity contribution in [3.8, 4) is 11.3 Å². The Balaban J connectivity index is 1.04. The molecule has 4 fully saturated rings. The third-order valence-corrected chi connectivity index (χ3v) is 11.2. The monoisotopic (exact) mass is 550 g/mol. The Morgan fingerprint density at radius 1 is 1.08 bits per heavy atom. The van der Waals surface area contributed by atoms with Crippen LogP contribution in [0.15, 0.2) is 61.1 Å². The molecule has 0 amide bonds. The van der Waals surface area contributed by atoms with E-state index in [0.29, 0.717) is 36.2 Å². The predicted octanol–water partition coefficient (Wildman–Crippen LogP) is 4.20. The van der Waals surface area contributed by atoms with E-state index in [0.717, 1.165) is 48.9 Å². The Bertz CT molecular complexity index is 1460. The van der Waals surface area contributed by atoms with Crippen LogP contribution < -0.4 is 10.3 Å². The molecule has 7 nitrogen and oxygen atoms in total. The van der Waals surface area contributed by atoms with E-state index in [-0.39, 0.29) is 29.1 Å². The average molecular weight is 551 g/mol. The molecule has 0 saturated heterocycles. The molecule has 2 aromatic carbocycles. The van der Waals surface area contributed by atoms with Gasteiger partial charge in [-0.25, -0.2) is 23.2 Å². The molecule has 4 aliphatic carbocycles. The van der Waals surface area contributed by atoms with Gasteiger partial charge < -0.3 is 9.67 Å². The van der Waals surface area contributed by atoms with Gasteiger partial charge in [0.15, 0.2) is 0 Å². The molecule has 9 heteroatoms. The Morgan fingerprint density at radius 3 is 2.62 bits per heavy atom. The van der Waals surface area contributed by atoms with Crippen LogP contribution in [0, 0.1) is 29.0 Å². The summed E-state index contributed by atoms with van der Waals surface area (Å²) in [6.07, 6.45) is 8.69. The first-order chi connectivity index (χ1) is 18.8. The van der Waals surface area contributed by atoms with E-state index >= 15 is 0 Å². The smallest absolute Gasteiger partial charge is 0.224 e. The number of aliphatic hydroxyl groups is 1. The predicted molar refractivity (Wildman–Crippen MR) is 146 cm³/mol. The summed E-state index contributed by atoms with van der Waals surface area (Å²) in [5, 5.41) is 11.8. The Labute approximate surface area is 228 Å². The van der Waals surface area contributed by atoms with E-state index < -0.39 is 16.1 Å². The molecule has 1 aliphatic heterocycles. The molecule has 4 unspecified atom stereocenters. The minimum absolute atomic E-state index is 0.0347. The number of imidazole rings is 1. The highest BCUT2D eigenvalue weighted by molar-refractivity contribution is 7.89. The molecule has 0 spiro atoms. The standard InChI is InChI=1S/C30H35FN4O3S/c31-24-8-4-7-23-26-17-32-18-35(26)25(28(23)24)13-27(36)30-14-20-11-21(15-30)29(22(12-20)16-30)33-34-39(37,38)10-9-19-5-2-1-3-6-19/h1-8,17-18,20-22,25,27,29,33-34,36H,9-16H2. The number of halogens is 1. The summed E-state index contributed by atoms with van der Waals surface area (Å²) < 4.78 is 42.5. The van der Waals surface area contributed by atoms with Gasteiger partial charge in [-0.05, 0) is 79.7 Å². The lowest BCUT2D eigenvalue weighted by molar-refractivity contribution is -0.138. The number of aliphatic hydroxyl groups excluding tert-OH is 1. The molecule has 3 aromatic rings. The van der Waals surface area contributed by atoms with E-state index in [1.54, 1.807) is 18.6 Å². The summed E-state index contributed by atoms with van der Waals surface area (Å²) >= 11 is 0. The normalized spacial score (nSPS) is 31.3. The van der Waals surface area contributed by atoms with Gasteiger partial charge >= 0.3 is 0 Å². The first-order valence-corrected chi connectivity index (χ1v) is 15.7. The van der Waals surface area contributed by atoms with Gasteiger partial charge in [0.25, 0.3) is 0 Å². The quantitative estimate of drug-likeness (QED) is 0.347. The molecule has 4 bridgehead atoms. The van der Waals surface area contributed by atoms with Crippen LogP contribution in [0.3, 0.4) is 0 Å². The van der Waals surface area contributed by atoms with E-state index in [1.165, 1.54) is 6.07 Å². The number of aromatic nitrogens is 2. The Morgan fingerprint density at radius 2 is 1.85 bits per heavy atom. The van der Waals surface area contributed by atoms with E-state index in [9.17, 15) is 17.9 Å². The number of rotatable bonds is 9. The zero-order chi connectivity index (χ0) is 26.8. The average Bonchev–Trinajstić information content (AvgIpc) is 3.50. The Hall–Kier alpha value is -2.59. The number of hydrogen-bond donors (Lipinski definition) is 3. The summed E-state index contributed by atoms with van der Waals surface area (Å²) in [6, 6.07) is 14.6. The second kappa shape index (κ2) is 9.51. The molecular weight excluding hydrogens is 515 g/mol. The van der Waals surface area contributed by atoms with Crippen molar-refractivity contribution >= 4 is 10.0 Å². The minimum atomic E-state index is -3.47. The van der Waals surface area contributed by atoms with Crippen molar-refractivity contribution in [3.63, 3.8) is 0 Å². The number of nitrogens with one attached hydrogen (secondary N) is 2. The lowest BCUT2D eigenvalue weighted by Crippen LogP contribution is -2.63. The molecule has 4 atom stereocenters. The van der Waals surface area contributed by atoms with Gasteiger partial charge in [0, 0.05) is 17.2 Å². The van der Waals surface area contributed by atoms with Crippen LogP contribution in [0.1, 0.15) is 55.7 Å². The van der Waals surface area contributed by atoms with Crippen LogP contribution in [0.5, 0.6) is 0 Å². The molecule has 3 N–H and O–H groups in total. The molecule has 39 heavy (non-hydrogen) atoms. The third kappa shape index (κ3) is 4.43. The summed E-state index contributed by atoms with van der Waals surface area (Å²) in [5.74, 6) is 0.954. The number of sulfonamides is 1. The number of aryl methyl sites for hydroxylation is 1. The van der Waals surface area contributed by atoms with Crippen LogP contribution in [0.4, 0.5) is 4.39 Å². The summed E-state index contributed by atoms with van der Waals surface area (Å²) in [4.78, 5) is 6.99. The van der Waals surface area contributed by atoms with Gasteiger partial charge in [0.1, 0.15) is 5.82 Å². The third-order valence-electron chi connectivity index (χ3n) is 10.0. The number of hydrazine groups is 1. The van der Waals surface area contributed by atoms with Crippen molar-refractivity contribution in [1.82, 2.24) is 19.8 Å². The summed E-state index contributed by atoms with van der Waals surface area (Å²) in [7, 11) is -3.47. The van der Waals surface area contributed by atoms with E-state index in [4.69, 9.17) is 0 Å². The molecule has 8 rings (SSSR count). The van der Waals surface area contributed by atoms with Crippen molar-refractivity contribution in [2.45, 2.75) is 63.1 Å². The van der Waals surface area contributed by atoms with Crippen molar-refractivity contribution in [1.29, 1.82) is 0 Å². The fourth-order valence-electron chi connectivity index (χ4n) is 8.53. The highest BCUT2D eigenvalue weighted by Gasteiger charge is 2.58. The Kier molecular flexibility index (Phi) is 6.19. The first kappa shape index (κ1) is 25.4. The van der Waals surface area contributed by atoms with E-state index in [2.05, 4.69) is 15.2 Å². The maximum absolute atomic E-state index is 15.0. The van der Waals surface area contributed by atoms with Crippen molar-refractivity contribution in [3.05, 3.63) is 78.0 Å².